The van der Waals surface area contributed by atoms with Crippen LogP contribution in [-0.4, -0.2) is 16.3 Å². The molecular weight excluding hydrogens is 258 g/mol. The fraction of sp³-hybridized carbons (Fsp3) is 0.167. The van der Waals surface area contributed by atoms with Gasteiger partial charge < -0.3 is 4.90 Å². The van der Waals surface area contributed by atoms with E-state index in [2.05, 4.69) is 64.6 Å². The molecule has 1 atom stereocenters. The van der Waals surface area contributed by atoms with E-state index >= 15 is 0 Å². The Labute approximate surface area is 124 Å². The van der Waals surface area contributed by atoms with E-state index in [0.717, 1.165) is 13.0 Å². The molecule has 0 N–H and O–H groups in total. The van der Waals surface area contributed by atoms with E-state index in [9.17, 15) is 0 Å². The molecule has 0 radical (unpaired) electrons. The zero-order chi connectivity index (χ0) is 14.1. The lowest BCUT2D eigenvalue weighted by molar-refractivity contribution is 0.469. The van der Waals surface area contributed by atoms with Crippen LogP contribution in [0.1, 0.15) is 17.3 Å². The van der Waals surface area contributed by atoms with E-state index in [4.69, 9.17) is 0 Å². The smallest absolute Gasteiger partial charge is 0.149 e. The quantitative estimate of drug-likeness (QED) is 0.714. The van der Waals surface area contributed by atoms with E-state index in [0.29, 0.717) is 0 Å². The Morgan fingerprint density at radius 2 is 1.71 bits per heavy atom. The predicted octanol–water partition coefficient (Wildman–Crippen LogP) is 3.49. The van der Waals surface area contributed by atoms with Gasteiger partial charge in [0.15, 0.2) is 0 Å². The topological polar surface area (TPSA) is 21.1 Å². The average molecular weight is 275 g/mol. The molecule has 0 aliphatic carbocycles. The highest BCUT2D eigenvalue weighted by atomic mass is 15.4. The van der Waals surface area contributed by atoms with Gasteiger partial charge >= 0.3 is 0 Å². The highest BCUT2D eigenvalue weighted by molar-refractivity contribution is 5.52. The molecule has 3 heteroatoms. The molecule has 0 spiro atoms. The first kappa shape index (κ1) is 12.2. The number of nitrogens with zero attached hydrogens (tertiary/aromatic N) is 3. The number of hydrogen-bond donors (Lipinski definition) is 0. The van der Waals surface area contributed by atoms with Crippen LogP contribution in [0.3, 0.4) is 0 Å². The van der Waals surface area contributed by atoms with E-state index in [1.165, 1.54) is 16.8 Å². The summed E-state index contributed by atoms with van der Waals surface area (Å²) in [7, 11) is 0. The van der Waals surface area contributed by atoms with Gasteiger partial charge in [-0.3, -0.25) is 0 Å². The lowest BCUT2D eigenvalue weighted by Gasteiger charge is -2.39. The molecule has 4 rings (SSSR count). The zero-order valence-corrected chi connectivity index (χ0v) is 11.8. The van der Waals surface area contributed by atoms with E-state index in [1.54, 1.807) is 0 Å². The third kappa shape index (κ3) is 2.11. The van der Waals surface area contributed by atoms with Gasteiger partial charge in [-0.05, 0) is 35.7 Å². The van der Waals surface area contributed by atoms with Crippen LogP contribution in [0, 0.1) is 0 Å². The minimum absolute atomic E-state index is 0.132. The molecule has 1 aliphatic heterocycles. The van der Waals surface area contributed by atoms with Gasteiger partial charge in [0, 0.05) is 24.6 Å². The molecule has 0 bridgehead atoms. The van der Waals surface area contributed by atoms with Crippen LogP contribution in [-0.2, 0) is 6.42 Å². The molecule has 3 nitrogen and oxygen atoms in total. The van der Waals surface area contributed by atoms with Gasteiger partial charge in [0.2, 0.25) is 0 Å². The van der Waals surface area contributed by atoms with Crippen molar-refractivity contribution in [2.75, 3.05) is 11.4 Å². The van der Waals surface area contributed by atoms with Gasteiger partial charge in [-0.1, -0.05) is 42.5 Å². The molecule has 104 valence electrons. The number of rotatable bonds is 2. The SMILES string of the molecule is c1ccc(N2CCc3ccccc3C2n2cccn2)cc1. The van der Waals surface area contributed by atoms with Crippen molar-refractivity contribution >= 4 is 5.69 Å². The standard InChI is InChI=1S/C18H17N3/c1-2-8-16(9-3-1)20-14-11-15-7-4-5-10-17(15)18(20)21-13-6-12-19-21/h1-10,12-13,18H,11,14H2. The summed E-state index contributed by atoms with van der Waals surface area (Å²) in [6.07, 6.45) is 5.10. The van der Waals surface area contributed by atoms with Gasteiger partial charge in [-0.25, -0.2) is 4.68 Å². The molecule has 0 saturated heterocycles. The van der Waals surface area contributed by atoms with Crippen LogP contribution in [0.5, 0.6) is 0 Å². The minimum Gasteiger partial charge on any atom is -0.346 e. The van der Waals surface area contributed by atoms with Crippen molar-refractivity contribution in [1.29, 1.82) is 0 Å². The number of anilines is 1. The largest absolute Gasteiger partial charge is 0.346 e. The Bertz CT molecular complexity index is 719. The number of fused-ring (bicyclic) bond motifs is 1. The van der Waals surface area contributed by atoms with Gasteiger partial charge in [-0.15, -0.1) is 0 Å². The van der Waals surface area contributed by atoms with E-state index < -0.39 is 0 Å². The highest BCUT2D eigenvalue weighted by Gasteiger charge is 2.28. The maximum absolute atomic E-state index is 4.49. The summed E-state index contributed by atoms with van der Waals surface area (Å²) in [5.74, 6) is 0. The van der Waals surface area contributed by atoms with Crippen molar-refractivity contribution in [3.8, 4) is 0 Å². The van der Waals surface area contributed by atoms with Gasteiger partial charge in [0.25, 0.3) is 0 Å². The predicted molar refractivity (Wildman–Crippen MR) is 84.3 cm³/mol. The van der Waals surface area contributed by atoms with Crippen LogP contribution in [0.4, 0.5) is 5.69 Å². The minimum atomic E-state index is 0.132. The number of benzene rings is 2. The molecular formula is C18H17N3. The second-order valence-corrected chi connectivity index (χ2v) is 5.34. The van der Waals surface area contributed by atoms with Crippen molar-refractivity contribution in [3.63, 3.8) is 0 Å². The Morgan fingerprint density at radius 1 is 0.905 bits per heavy atom. The Balaban J connectivity index is 1.85. The lowest BCUT2D eigenvalue weighted by Crippen LogP contribution is -2.39. The summed E-state index contributed by atoms with van der Waals surface area (Å²) in [5, 5.41) is 4.49. The summed E-state index contributed by atoms with van der Waals surface area (Å²) in [4.78, 5) is 2.43. The van der Waals surface area contributed by atoms with Crippen LogP contribution in [0.15, 0.2) is 73.1 Å². The average Bonchev–Trinajstić information content (AvgIpc) is 3.08. The molecule has 2 aromatic carbocycles. The normalized spacial score (nSPS) is 17.5. The van der Waals surface area contributed by atoms with Crippen LogP contribution in [0.2, 0.25) is 0 Å². The molecule has 3 aromatic rings. The van der Waals surface area contributed by atoms with Crippen molar-refractivity contribution in [1.82, 2.24) is 9.78 Å². The third-order valence-corrected chi connectivity index (χ3v) is 4.11. The molecule has 1 unspecified atom stereocenters. The van der Waals surface area contributed by atoms with Crippen molar-refractivity contribution in [3.05, 3.63) is 84.2 Å². The summed E-state index contributed by atoms with van der Waals surface area (Å²) >= 11 is 0. The number of aromatic nitrogens is 2. The first-order valence-corrected chi connectivity index (χ1v) is 7.32. The zero-order valence-electron chi connectivity index (χ0n) is 11.8. The summed E-state index contributed by atoms with van der Waals surface area (Å²) < 4.78 is 2.05. The second kappa shape index (κ2) is 5.09. The van der Waals surface area contributed by atoms with E-state index in [-0.39, 0.29) is 6.17 Å². The summed E-state index contributed by atoms with van der Waals surface area (Å²) in [6.45, 7) is 1.01. The number of para-hydroxylation sites is 1. The van der Waals surface area contributed by atoms with Crippen molar-refractivity contribution in [2.24, 2.45) is 0 Å². The Morgan fingerprint density at radius 3 is 2.52 bits per heavy atom. The fourth-order valence-corrected chi connectivity index (χ4v) is 3.15. The molecule has 0 fully saturated rings. The molecule has 1 aliphatic rings. The lowest BCUT2D eigenvalue weighted by atomic mass is 9.96. The highest BCUT2D eigenvalue weighted by Crippen LogP contribution is 2.34. The summed E-state index contributed by atoms with van der Waals surface area (Å²) in [6, 6.07) is 21.3. The summed E-state index contributed by atoms with van der Waals surface area (Å²) in [5.41, 5.74) is 4.01. The van der Waals surface area contributed by atoms with Crippen molar-refractivity contribution < 1.29 is 0 Å². The maximum Gasteiger partial charge on any atom is 0.149 e. The van der Waals surface area contributed by atoms with Gasteiger partial charge in [0.05, 0.1) is 0 Å². The monoisotopic (exact) mass is 275 g/mol. The van der Waals surface area contributed by atoms with Gasteiger partial charge in [0.1, 0.15) is 6.17 Å². The fourth-order valence-electron chi connectivity index (χ4n) is 3.15. The Kier molecular flexibility index (Phi) is 2.96. The van der Waals surface area contributed by atoms with Crippen LogP contribution < -0.4 is 4.90 Å². The molecule has 1 aromatic heterocycles. The Hall–Kier alpha value is -2.55. The first-order chi connectivity index (χ1) is 10.4. The second-order valence-electron chi connectivity index (χ2n) is 5.34. The molecule has 2 heterocycles. The molecule has 21 heavy (non-hydrogen) atoms. The third-order valence-electron chi connectivity index (χ3n) is 4.11. The maximum atomic E-state index is 4.49. The van der Waals surface area contributed by atoms with Gasteiger partial charge in [-0.2, -0.15) is 5.10 Å². The first-order valence-electron chi connectivity index (χ1n) is 7.32. The number of hydrogen-bond acceptors (Lipinski definition) is 2. The molecule has 0 saturated carbocycles. The van der Waals surface area contributed by atoms with E-state index in [1.807, 2.05) is 23.1 Å². The molecule has 0 amide bonds. The van der Waals surface area contributed by atoms with Crippen LogP contribution >= 0.6 is 0 Å². The van der Waals surface area contributed by atoms with Crippen LogP contribution in [0.25, 0.3) is 0 Å². The van der Waals surface area contributed by atoms with Crippen molar-refractivity contribution in [2.45, 2.75) is 12.6 Å².